The zero-order valence-electron chi connectivity index (χ0n) is 28.3. The highest BCUT2D eigenvalue weighted by atomic mass is 16.5. The van der Waals surface area contributed by atoms with Crippen LogP contribution in [0, 0.1) is 13.8 Å². The molecule has 0 bridgehead atoms. The molecule has 0 spiro atoms. The lowest BCUT2D eigenvalue weighted by atomic mass is 9.86. The van der Waals surface area contributed by atoms with Gasteiger partial charge in [-0.05, 0) is 109 Å². The summed E-state index contributed by atoms with van der Waals surface area (Å²) in [4.78, 5) is 20.7. The van der Waals surface area contributed by atoms with Crippen LogP contribution in [0.1, 0.15) is 113 Å². The summed E-state index contributed by atoms with van der Waals surface area (Å²) < 4.78 is 6.27. The zero-order chi connectivity index (χ0) is 32.5. The van der Waals surface area contributed by atoms with E-state index < -0.39 is 0 Å². The third kappa shape index (κ3) is 11.0. The average molecular weight is 599 g/mol. The van der Waals surface area contributed by atoms with Gasteiger partial charge < -0.3 is 15.4 Å². The van der Waals surface area contributed by atoms with Gasteiger partial charge in [-0.25, -0.2) is 0 Å². The third-order valence-electron chi connectivity index (χ3n) is 7.85. The molecule has 3 aromatic rings. The molecule has 1 aliphatic carbocycles. The molecule has 1 aliphatic rings. The van der Waals surface area contributed by atoms with Crippen molar-refractivity contribution in [2.75, 3.05) is 12.4 Å². The number of carbonyl (C=O) groups is 2. The Bertz CT molecular complexity index is 1360. The first kappa shape index (κ1) is 36.3. The molecule has 0 aromatic heterocycles. The predicted octanol–water partition coefficient (Wildman–Crippen LogP) is 9.68. The van der Waals surface area contributed by atoms with E-state index in [1.165, 1.54) is 64.3 Å². The first-order chi connectivity index (χ1) is 21.2. The van der Waals surface area contributed by atoms with Gasteiger partial charge >= 0.3 is 0 Å². The molecule has 3 aromatic carbocycles. The number of allylic oxidation sites excluding steroid dienone is 1. The fourth-order valence-corrected chi connectivity index (χ4v) is 5.26. The summed E-state index contributed by atoms with van der Waals surface area (Å²) in [6, 6.07) is 21.7. The second-order valence-corrected chi connectivity index (χ2v) is 11.4. The van der Waals surface area contributed by atoms with E-state index in [0.717, 1.165) is 56.4 Å². The van der Waals surface area contributed by atoms with Crippen LogP contribution in [-0.4, -0.2) is 25.5 Å². The quantitative estimate of drug-likeness (QED) is 0.228. The highest BCUT2D eigenvalue weighted by Gasteiger charge is 2.22. The molecule has 1 atom stereocenters. The van der Waals surface area contributed by atoms with E-state index in [-0.39, 0.29) is 12.0 Å². The maximum atomic E-state index is 11.0. The maximum absolute atomic E-state index is 11.0. The Morgan fingerprint density at radius 3 is 2.09 bits per heavy atom. The van der Waals surface area contributed by atoms with Crippen molar-refractivity contribution in [1.82, 2.24) is 5.32 Å². The summed E-state index contributed by atoms with van der Waals surface area (Å²) in [5, 5.41) is 5.21. The van der Waals surface area contributed by atoms with Gasteiger partial charge in [0.15, 0.2) is 0 Å². The molecule has 44 heavy (non-hydrogen) atoms. The Kier molecular flexibility index (Phi) is 16.0. The maximum Gasteiger partial charge on any atom is 0.216 e. The van der Waals surface area contributed by atoms with E-state index in [1.807, 2.05) is 6.07 Å². The second-order valence-electron chi connectivity index (χ2n) is 11.4. The molecule has 238 valence electrons. The normalized spacial score (nSPS) is 12.7. The Balaban J connectivity index is 0.000000660. The summed E-state index contributed by atoms with van der Waals surface area (Å²) >= 11 is 0. The van der Waals surface area contributed by atoms with Crippen LogP contribution in [0.25, 0.3) is 11.1 Å². The smallest absolute Gasteiger partial charge is 0.216 e. The first-order valence-corrected chi connectivity index (χ1v) is 16.3. The lowest BCUT2D eigenvalue weighted by molar-refractivity contribution is -0.118. The fraction of sp³-hybridized carbons (Fsp3) is 0.436. The molecular formula is C39H54N2O3. The number of hydrogen-bond acceptors (Lipinski definition) is 3. The minimum atomic E-state index is 0.00463. The highest BCUT2D eigenvalue weighted by molar-refractivity contribution is 6.00. The van der Waals surface area contributed by atoms with Gasteiger partial charge in [0.2, 0.25) is 12.3 Å². The Morgan fingerprint density at radius 1 is 0.886 bits per heavy atom. The van der Waals surface area contributed by atoms with Crippen LogP contribution in [0.2, 0.25) is 0 Å². The summed E-state index contributed by atoms with van der Waals surface area (Å²) in [7, 11) is 1.60. The van der Waals surface area contributed by atoms with Gasteiger partial charge in [0.1, 0.15) is 5.75 Å². The van der Waals surface area contributed by atoms with E-state index in [0.29, 0.717) is 0 Å². The molecule has 2 amide bonds. The number of nitrogens with one attached hydrogen (secondary N) is 2. The van der Waals surface area contributed by atoms with E-state index >= 15 is 0 Å². The first-order valence-electron chi connectivity index (χ1n) is 16.3. The predicted molar refractivity (Wildman–Crippen MR) is 187 cm³/mol. The number of benzene rings is 3. The number of ether oxygens (including phenoxy) is 1. The Labute approximate surface area is 266 Å². The molecule has 0 fully saturated rings. The van der Waals surface area contributed by atoms with Crippen LogP contribution < -0.4 is 15.4 Å². The van der Waals surface area contributed by atoms with Crippen molar-refractivity contribution in [2.45, 2.75) is 106 Å². The molecule has 0 saturated heterocycles. The van der Waals surface area contributed by atoms with Crippen molar-refractivity contribution >= 4 is 29.2 Å². The second kappa shape index (κ2) is 19.4. The molecule has 0 heterocycles. The summed E-state index contributed by atoms with van der Waals surface area (Å²) in [6.45, 7) is 14.6. The van der Waals surface area contributed by atoms with Crippen LogP contribution in [0.15, 0.2) is 60.7 Å². The van der Waals surface area contributed by atoms with Crippen LogP contribution >= 0.6 is 0 Å². The van der Waals surface area contributed by atoms with Crippen molar-refractivity contribution in [3.8, 4) is 5.75 Å². The van der Waals surface area contributed by atoms with Crippen molar-refractivity contribution in [3.63, 3.8) is 0 Å². The Morgan fingerprint density at radius 2 is 1.55 bits per heavy atom. The molecule has 0 saturated carbocycles. The van der Waals surface area contributed by atoms with Gasteiger partial charge in [-0.15, -0.1) is 0 Å². The molecule has 5 nitrogen and oxygen atoms in total. The molecule has 2 N–H and O–H groups in total. The van der Waals surface area contributed by atoms with E-state index in [1.54, 1.807) is 7.05 Å². The summed E-state index contributed by atoms with van der Waals surface area (Å²) in [5.74, 6) is 0.937. The lowest BCUT2D eigenvalue weighted by Gasteiger charge is -2.20. The van der Waals surface area contributed by atoms with Crippen molar-refractivity contribution in [2.24, 2.45) is 0 Å². The molecule has 0 aliphatic heterocycles. The van der Waals surface area contributed by atoms with E-state index in [2.05, 4.69) is 107 Å². The van der Waals surface area contributed by atoms with Gasteiger partial charge in [-0.3, -0.25) is 9.59 Å². The molecule has 0 radical (unpaired) electrons. The SMILES string of the molecule is CCCC.CCCC(CC)Oc1ccc(C2=C(c3ccc(C)cc3C)CCCc3cc(NC=O)ccc32)cc1.CNC(C)=O. The molecular weight excluding hydrogens is 544 g/mol. The van der Waals surface area contributed by atoms with Gasteiger partial charge in [0.25, 0.3) is 0 Å². The lowest BCUT2D eigenvalue weighted by Crippen LogP contribution is -2.14. The largest absolute Gasteiger partial charge is 0.490 e. The Hall–Kier alpha value is -3.86. The number of rotatable bonds is 10. The van der Waals surface area contributed by atoms with Gasteiger partial charge in [0, 0.05) is 19.7 Å². The van der Waals surface area contributed by atoms with E-state index in [9.17, 15) is 9.59 Å². The summed E-state index contributed by atoms with van der Waals surface area (Å²) in [5.41, 5.74) is 11.2. The minimum Gasteiger partial charge on any atom is -0.490 e. The average Bonchev–Trinajstić information content (AvgIpc) is 3.21. The number of hydrogen-bond donors (Lipinski definition) is 2. The number of unbranched alkanes of at least 4 members (excludes halogenated alkanes) is 1. The molecule has 1 unspecified atom stereocenters. The monoisotopic (exact) mass is 598 g/mol. The van der Waals surface area contributed by atoms with Crippen LogP contribution in [0.4, 0.5) is 5.69 Å². The van der Waals surface area contributed by atoms with Crippen molar-refractivity contribution in [1.29, 1.82) is 0 Å². The van der Waals surface area contributed by atoms with Crippen LogP contribution in [0.3, 0.4) is 0 Å². The van der Waals surface area contributed by atoms with Crippen molar-refractivity contribution < 1.29 is 14.3 Å². The minimum absolute atomic E-state index is 0.00463. The number of fused-ring (bicyclic) bond motifs is 1. The number of anilines is 1. The fourth-order valence-electron chi connectivity index (χ4n) is 5.26. The standard InChI is InChI=1S/C32H37NO2.C4H10.C3H7NO/c1-5-8-27(6-2)35-28-15-12-24(13-16-28)32-30-18-14-26(33-21-34)20-25(30)9-7-10-31(32)29-17-11-22(3)19-23(29)4;1-3-4-2;1-3(5)4-2/h11-21,27H,5-10H2,1-4H3,(H,33,34);3-4H2,1-2H3;1-2H3,(H,4,5). The molecule has 5 heteroatoms. The molecule has 4 rings (SSSR count). The van der Waals surface area contributed by atoms with Gasteiger partial charge in [0.05, 0.1) is 6.10 Å². The van der Waals surface area contributed by atoms with E-state index in [4.69, 9.17) is 4.74 Å². The summed E-state index contributed by atoms with van der Waals surface area (Å²) in [6.07, 6.45) is 9.93. The van der Waals surface area contributed by atoms with Gasteiger partial charge in [-0.2, -0.15) is 0 Å². The highest BCUT2D eigenvalue weighted by Crippen LogP contribution is 2.41. The van der Waals surface area contributed by atoms with Crippen LogP contribution in [-0.2, 0) is 16.0 Å². The zero-order valence-corrected chi connectivity index (χ0v) is 28.3. The third-order valence-corrected chi connectivity index (χ3v) is 7.85. The number of carbonyl (C=O) groups excluding carboxylic acids is 2. The number of aryl methyl sites for hydroxylation is 3. The van der Waals surface area contributed by atoms with Crippen molar-refractivity contribution in [3.05, 3.63) is 94.0 Å². The van der Waals surface area contributed by atoms with Crippen LogP contribution in [0.5, 0.6) is 5.75 Å². The topological polar surface area (TPSA) is 67.4 Å². The van der Waals surface area contributed by atoms with Gasteiger partial charge in [-0.1, -0.05) is 88.9 Å². The number of amides is 2.